The highest BCUT2D eigenvalue weighted by Gasteiger charge is 2.21. The number of carbonyl (C=O) groups excluding carboxylic acids is 1. The molecule has 0 radical (unpaired) electrons. The van der Waals surface area contributed by atoms with E-state index in [0.717, 1.165) is 18.8 Å². The van der Waals surface area contributed by atoms with Crippen LogP contribution in [0.1, 0.15) is 6.42 Å². The van der Waals surface area contributed by atoms with Crippen LogP contribution in [0.4, 0.5) is 10.1 Å². The fourth-order valence-corrected chi connectivity index (χ4v) is 3.01. The predicted molar refractivity (Wildman–Crippen MR) is 98.3 cm³/mol. The van der Waals surface area contributed by atoms with Gasteiger partial charge in [-0.2, -0.15) is 0 Å². The van der Waals surface area contributed by atoms with Gasteiger partial charge in [0.05, 0.1) is 20.1 Å². The van der Waals surface area contributed by atoms with Crippen molar-refractivity contribution in [3.8, 4) is 11.5 Å². The first-order chi connectivity index (χ1) is 12.7. The van der Waals surface area contributed by atoms with Crippen LogP contribution in [-0.2, 0) is 4.79 Å². The first-order valence-corrected chi connectivity index (χ1v) is 8.71. The van der Waals surface area contributed by atoms with Crippen molar-refractivity contribution in [1.82, 2.24) is 4.90 Å². The molecule has 5 nitrogen and oxygen atoms in total. The third-order valence-electron chi connectivity index (χ3n) is 4.47. The standard InChI is InChI=1S/C20H23FN2O3/c1-25-18-4-2-3-5-19(18)26-15-10-20(24)23-13-11-22(12-14-23)17-8-6-16(21)7-9-17/h2-9H,10-15H2,1H3. The molecule has 1 aliphatic heterocycles. The van der Waals surface area contributed by atoms with Gasteiger partial charge in [0.2, 0.25) is 5.91 Å². The van der Waals surface area contributed by atoms with Gasteiger partial charge in [-0.05, 0) is 36.4 Å². The summed E-state index contributed by atoms with van der Waals surface area (Å²) in [5, 5.41) is 0. The molecule has 0 saturated carbocycles. The number of ether oxygens (including phenoxy) is 2. The van der Waals surface area contributed by atoms with Gasteiger partial charge in [0.15, 0.2) is 11.5 Å². The molecule has 6 heteroatoms. The lowest BCUT2D eigenvalue weighted by Crippen LogP contribution is -2.49. The smallest absolute Gasteiger partial charge is 0.226 e. The number of amides is 1. The summed E-state index contributed by atoms with van der Waals surface area (Å²) in [7, 11) is 1.59. The lowest BCUT2D eigenvalue weighted by Gasteiger charge is -2.36. The van der Waals surface area contributed by atoms with E-state index in [1.807, 2.05) is 29.2 Å². The number of halogens is 1. The highest BCUT2D eigenvalue weighted by Crippen LogP contribution is 2.25. The zero-order chi connectivity index (χ0) is 18.4. The molecule has 3 rings (SSSR count). The minimum atomic E-state index is -0.238. The molecular formula is C20H23FN2O3. The van der Waals surface area contributed by atoms with Crippen LogP contribution >= 0.6 is 0 Å². The van der Waals surface area contributed by atoms with E-state index in [-0.39, 0.29) is 11.7 Å². The van der Waals surface area contributed by atoms with Crippen molar-refractivity contribution in [1.29, 1.82) is 0 Å². The second-order valence-corrected chi connectivity index (χ2v) is 6.09. The van der Waals surface area contributed by atoms with Crippen LogP contribution in [0.3, 0.4) is 0 Å². The van der Waals surface area contributed by atoms with E-state index in [1.165, 1.54) is 12.1 Å². The van der Waals surface area contributed by atoms with Crippen LogP contribution in [0, 0.1) is 5.82 Å². The van der Waals surface area contributed by atoms with E-state index in [2.05, 4.69) is 4.90 Å². The molecule has 1 amide bonds. The van der Waals surface area contributed by atoms with E-state index in [0.29, 0.717) is 37.6 Å². The Morgan fingerprint density at radius 1 is 1.00 bits per heavy atom. The lowest BCUT2D eigenvalue weighted by molar-refractivity contribution is -0.132. The number of hydrogen-bond acceptors (Lipinski definition) is 4. The largest absolute Gasteiger partial charge is 0.493 e. The third kappa shape index (κ3) is 4.45. The van der Waals surface area contributed by atoms with Crippen LogP contribution < -0.4 is 14.4 Å². The number of hydrogen-bond donors (Lipinski definition) is 0. The Morgan fingerprint density at radius 3 is 2.31 bits per heavy atom. The first kappa shape index (κ1) is 18.0. The van der Waals surface area contributed by atoms with Crippen molar-refractivity contribution >= 4 is 11.6 Å². The number of piperazine rings is 1. The summed E-state index contributed by atoms with van der Waals surface area (Å²) in [4.78, 5) is 16.4. The second-order valence-electron chi connectivity index (χ2n) is 6.09. The monoisotopic (exact) mass is 358 g/mol. The Hall–Kier alpha value is -2.76. The van der Waals surface area contributed by atoms with Crippen molar-refractivity contribution in [2.24, 2.45) is 0 Å². The molecule has 0 aliphatic carbocycles. The number of rotatable bonds is 6. The zero-order valence-electron chi connectivity index (χ0n) is 14.9. The average molecular weight is 358 g/mol. The number of carbonyl (C=O) groups is 1. The fraction of sp³-hybridized carbons (Fsp3) is 0.350. The van der Waals surface area contributed by atoms with Crippen molar-refractivity contribution in [2.75, 3.05) is 44.8 Å². The highest BCUT2D eigenvalue weighted by atomic mass is 19.1. The normalized spacial score (nSPS) is 14.2. The third-order valence-corrected chi connectivity index (χ3v) is 4.47. The molecule has 0 unspecified atom stereocenters. The quantitative estimate of drug-likeness (QED) is 0.796. The van der Waals surface area contributed by atoms with Crippen molar-refractivity contribution in [3.05, 3.63) is 54.3 Å². The molecule has 1 fully saturated rings. The average Bonchev–Trinajstić information content (AvgIpc) is 2.69. The van der Waals surface area contributed by atoms with Gasteiger partial charge < -0.3 is 19.3 Å². The second kappa shape index (κ2) is 8.56. The van der Waals surface area contributed by atoms with Gasteiger partial charge in [-0.3, -0.25) is 4.79 Å². The molecule has 26 heavy (non-hydrogen) atoms. The summed E-state index contributed by atoms with van der Waals surface area (Å²) in [6, 6.07) is 13.9. The summed E-state index contributed by atoms with van der Waals surface area (Å²) < 4.78 is 23.9. The Labute approximate surface area is 152 Å². The van der Waals surface area contributed by atoms with E-state index < -0.39 is 0 Å². The molecule has 138 valence electrons. The molecule has 2 aromatic rings. The van der Waals surface area contributed by atoms with E-state index >= 15 is 0 Å². The van der Waals surface area contributed by atoms with Gasteiger partial charge in [-0.15, -0.1) is 0 Å². The van der Waals surface area contributed by atoms with Gasteiger partial charge >= 0.3 is 0 Å². The van der Waals surface area contributed by atoms with Gasteiger partial charge in [-0.25, -0.2) is 4.39 Å². The van der Waals surface area contributed by atoms with Gasteiger partial charge in [0.25, 0.3) is 0 Å². The number of benzene rings is 2. The maximum absolute atomic E-state index is 13.0. The molecular weight excluding hydrogens is 335 g/mol. The Morgan fingerprint density at radius 2 is 1.65 bits per heavy atom. The van der Waals surface area contributed by atoms with Crippen LogP contribution in [0.15, 0.2) is 48.5 Å². The molecule has 2 aromatic carbocycles. The summed E-state index contributed by atoms with van der Waals surface area (Å²) in [6.45, 7) is 3.11. The van der Waals surface area contributed by atoms with Crippen LogP contribution in [0.5, 0.6) is 11.5 Å². The van der Waals surface area contributed by atoms with Crippen LogP contribution in [0.2, 0.25) is 0 Å². The summed E-state index contributed by atoms with van der Waals surface area (Å²) in [5.74, 6) is 1.15. The van der Waals surface area contributed by atoms with Gasteiger partial charge in [0, 0.05) is 31.9 Å². The summed E-state index contributed by atoms with van der Waals surface area (Å²) in [5.41, 5.74) is 0.984. The van der Waals surface area contributed by atoms with Gasteiger partial charge in [-0.1, -0.05) is 12.1 Å². The van der Waals surface area contributed by atoms with E-state index in [1.54, 1.807) is 19.2 Å². The number of anilines is 1. The number of para-hydroxylation sites is 2. The van der Waals surface area contributed by atoms with Crippen molar-refractivity contribution in [2.45, 2.75) is 6.42 Å². The first-order valence-electron chi connectivity index (χ1n) is 8.71. The van der Waals surface area contributed by atoms with E-state index in [9.17, 15) is 9.18 Å². The summed E-state index contributed by atoms with van der Waals surface area (Å²) >= 11 is 0. The fourth-order valence-electron chi connectivity index (χ4n) is 3.01. The minimum Gasteiger partial charge on any atom is -0.493 e. The minimum absolute atomic E-state index is 0.0821. The van der Waals surface area contributed by atoms with Gasteiger partial charge in [0.1, 0.15) is 5.82 Å². The molecule has 0 N–H and O–H groups in total. The molecule has 1 heterocycles. The zero-order valence-corrected chi connectivity index (χ0v) is 14.9. The van der Waals surface area contributed by atoms with Crippen molar-refractivity contribution in [3.63, 3.8) is 0 Å². The topological polar surface area (TPSA) is 42.0 Å². The lowest BCUT2D eigenvalue weighted by atomic mass is 10.2. The van der Waals surface area contributed by atoms with Crippen LogP contribution in [-0.4, -0.2) is 50.7 Å². The highest BCUT2D eigenvalue weighted by molar-refractivity contribution is 5.76. The summed E-state index contributed by atoms with van der Waals surface area (Å²) in [6.07, 6.45) is 0.328. The molecule has 1 aliphatic rings. The van der Waals surface area contributed by atoms with Crippen LogP contribution in [0.25, 0.3) is 0 Å². The molecule has 0 aromatic heterocycles. The predicted octanol–water partition coefficient (Wildman–Crippen LogP) is 2.95. The Kier molecular flexibility index (Phi) is 5.94. The van der Waals surface area contributed by atoms with E-state index in [4.69, 9.17) is 9.47 Å². The Balaban J connectivity index is 1.44. The Bertz CT molecular complexity index is 728. The molecule has 0 spiro atoms. The SMILES string of the molecule is COc1ccccc1OCCC(=O)N1CCN(c2ccc(F)cc2)CC1. The maximum atomic E-state index is 13.0. The molecule has 0 atom stereocenters. The molecule has 0 bridgehead atoms. The number of methoxy groups -OCH3 is 1. The number of nitrogens with zero attached hydrogens (tertiary/aromatic N) is 2. The molecule has 1 saturated heterocycles. The van der Waals surface area contributed by atoms with Crippen molar-refractivity contribution < 1.29 is 18.7 Å². The maximum Gasteiger partial charge on any atom is 0.226 e.